The zero-order chi connectivity index (χ0) is 11.5. The Balaban J connectivity index is 2.54. The maximum Gasteiger partial charge on any atom is 0.131 e. The summed E-state index contributed by atoms with van der Waals surface area (Å²) in [6, 6.07) is 6.45. The molecule has 1 heterocycles. The average Bonchev–Trinajstić information content (AvgIpc) is 2.30. The number of benzene rings is 1. The molecule has 82 valence electrons. The molecular weight excluding hydrogens is 205 g/mol. The highest BCUT2D eigenvalue weighted by molar-refractivity contribution is 5.64. The maximum atomic E-state index is 13.6. The molecule has 16 heavy (non-hydrogen) atoms. The van der Waals surface area contributed by atoms with Crippen LogP contribution in [0.3, 0.4) is 0 Å². The Labute approximate surface area is 93.4 Å². The highest BCUT2D eigenvalue weighted by Crippen LogP contribution is 2.24. The molecule has 1 N–H and O–H groups in total. The van der Waals surface area contributed by atoms with Crippen LogP contribution in [0.25, 0.3) is 11.1 Å². The molecule has 3 heteroatoms. The molecule has 0 spiro atoms. The molecule has 0 saturated heterocycles. The molecule has 2 rings (SSSR count). The Hall–Kier alpha value is -1.74. The van der Waals surface area contributed by atoms with Crippen LogP contribution in [0, 0.1) is 12.7 Å². The third-order valence-electron chi connectivity index (χ3n) is 2.40. The van der Waals surface area contributed by atoms with Crippen molar-refractivity contribution >= 4 is 0 Å². The fourth-order valence-electron chi connectivity index (χ4n) is 1.59. The molecule has 0 aliphatic rings. The van der Waals surface area contributed by atoms with E-state index >= 15 is 0 Å². The highest BCUT2D eigenvalue weighted by atomic mass is 19.1. The van der Waals surface area contributed by atoms with Gasteiger partial charge in [0.1, 0.15) is 5.82 Å². The Morgan fingerprint density at radius 2 is 2.06 bits per heavy atom. The van der Waals surface area contributed by atoms with Crippen molar-refractivity contribution in [3.05, 3.63) is 53.6 Å². The smallest absolute Gasteiger partial charge is 0.131 e. The van der Waals surface area contributed by atoms with Gasteiger partial charge in [-0.1, -0.05) is 6.07 Å². The Morgan fingerprint density at radius 1 is 1.25 bits per heavy atom. The predicted octanol–water partition coefficient (Wildman–Crippen LogP) is 2.69. The van der Waals surface area contributed by atoms with Gasteiger partial charge in [-0.05, 0) is 36.2 Å². The van der Waals surface area contributed by atoms with E-state index in [0.29, 0.717) is 11.1 Å². The number of hydrogen-bond acceptors (Lipinski definition) is 2. The van der Waals surface area contributed by atoms with Gasteiger partial charge in [0.25, 0.3) is 0 Å². The average molecular weight is 217 g/mol. The zero-order valence-corrected chi connectivity index (χ0v) is 8.94. The molecule has 1 aromatic heterocycles. The predicted molar refractivity (Wildman–Crippen MR) is 60.3 cm³/mol. The van der Waals surface area contributed by atoms with E-state index in [2.05, 4.69) is 4.98 Å². The minimum atomic E-state index is -0.301. The van der Waals surface area contributed by atoms with Crippen LogP contribution in [0.4, 0.5) is 4.39 Å². The van der Waals surface area contributed by atoms with Gasteiger partial charge in [-0.25, -0.2) is 4.39 Å². The zero-order valence-electron chi connectivity index (χ0n) is 8.94. The van der Waals surface area contributed by atoms with E-state index in [1.165, 1.54) is 6.07 Å². The lowest BCUT2D eigenvalue weighted by atomic mass is 10.0. The van der Waals surface area contributed by atoms with E-state index in [-0.39, 0.29) is 12.4 Å². The van der Waals surface area contributed by atoms with Gasteiger partial charge in [0.2, 0.25) is 0 Å². The van der Waals surface area contributed by atoms with E-state index in [9.17, 15) is 4.39 Å². The van der Waals surface area contributed by atoms with Crippen molar-refractivity contribution in [2.75, 3.05) is 0 Å². The molecule has 1 aromatic carbocycles. The summed E-state index contributed by atoms with van der Waals surface area (Å²) in [6.45, 7) is 1.82. The standard InChI is InChI=1S/C13H12FNO/c1-9-4-11(7-15-6-9)12-5-10(8-16)2-3-13(12)14/h2-7,16H,8H2,1H3. The number of aliphatic hydroxyl groups excluding tert-OH is 1. The monoisotopic (exact) mass is 217 g/mol. The molecule has 0 radical (unpaired) electrons. The van der Waals surface area contributed by atoms with Crippen LogP contribution in [-0.4, -0.2) is 10.1 Å². The number of aliphatic hydroxyl groups is 1. The van der Waals surface area contributed by atoms with E-state index < -0.39 is 0 Å². The van der Waals surface area contributed by atoms with Crippen LogP contribution in [0.1, 0.15) is 11.1 Å². The number of hydrogen-bond donors (Lipinski definition) is 1. The summed E-state index contributed by atoms with van der Waals surface area (Å²) in [5.74, 6) is -0.301. The van der Waals surface area contributed by atoms with Crippen LogP contribution >= 0.6 is 0 Å². The summed E-state index contributed by atoms with van der Waals surface area (Å²) in [5, 5.41) is 9.02. The van der Waals surface area contributed by atoms with Crippen molar-refractivity contribution in [2.24, 2.45) is 0 Å². The van der Waals surface area contributed by atoms with E-state index in [4.69, 9.17) is 5.11 Å². The van der Waals surface area contributed by atoms with Gasteiger partial charge in [0, 0.05) is 23.5 Å². The van der Waals surface area contributed by atoms with Gasteiger partial charge >= 0.3 is 0 Å². The van der Waals surface area contributed by atoms with Gasteiger partial charge in [-0.3, -0.25) is 4.98 Å². The molecule has 0 aliphatic carbocycles. The summed E-state index contributed by atoms with van der Waals surface area (Å²) in [4.78, 5) is 4.03. The van der Waals surface area contributed by atoms with Gasteiger partial charge in [0.15, 0.2) is 0 Å². The first kappa shape index (κ1) is 10.8. The molecule has 2 aromatic rings. The number of nitrogens with zero attached hydrogens (tertiary/aromatic N) is 1. The van der Waals surface area contributed by atoms with E-state index in [1.54, 1.807) is 24.5 Å². The van der Waals surface area contributed by atoms with Crippen molar-refractivity contribution in [2.45, 2.75) is 13.5 Å². The number of pyridine rings is 1. The number of rotatable bonds is 2. The molecule has 2 nitrogen and oxygen atoms in total. The summed E-state index contributed by atoms with van der Waals surface area (Å²) in [6.07, 6.45) is 3.34. The molecule has 0 saturated carbocycles. The van der Waals surface area contributed by atoms with Crippen LogP contribution in [0.5, 0.6) is 0 Å². The van der Waals surface area contributed by atoms with Crippen molar-refractivity contribution in [1.82, 2.24) is 4.98 Å². The van der Waals surface area contributed by atoms with Crippen LogP contribution < -0.4 is 0 Å². The normalized spacial score (nSPS) is 10.4. The second-order valence-electron chi connectivity index (χ2n) is 3.72. The SMILES string of the molecule is Cc1cncc(-c2cc(CO)ccc2F)c1. The largest absolute Gasteiger partial charge is 0.392 e. The van der Waals surface area contributed by atoms with Crippen molar-refractivity contribution in [3.63, 3.8) is 0 Å². The van der Waals surface area contributed by atoms with Crippen molar-refractivity contribution < 1.29 is 9.50 Å². The molecular formula is C13H12FNO. The molecule has 0 fully saturated rings. The minimum absolute atomic E-state index is 0.0907. The summed E-state index contributed by atoms with van der Waals surface area (Å²) in [5.41, 5.74) is 2.87. The topological polar surface area (TPSA) is 33.1 Å². The lowest BCUT2D eigenvalue weighted by molar-refractivity contribution is 0.282. The lowest BCUT2D eigenvalue weighted by Crippen LogP contribution is -1.90. The molecule has 0 bridgehead atoms. The van der Waals surface area contributed by atoms with E-state index in [1.807, 2.05) is 13.0 Å². The Kier molecular flexibility index (Phi) is 2.97. The van der Waals surface area contributed by atoms with Gasteiger partial charge < -0.3 is 5.11 Å². The number of aryl methyl sites for hydroxylation is 1. The quantitative estimate of drug-likeness (QED) is 0.839. The first-order valence-electron chi connectivity index (χ1n) is 5.02. The lowest BCUT2D eigenvalue weighted by Gasteiger charge is -2.06. The first-order valence-corrected chi connectivity index (χ1v) is 5.02. The van der Waals surface area contributed by atoms with Gasteiger partial charge in [-0.15, -0.1) is 0 Å². The molecule has 0 aliphatic heterocycles. The molecule has 0 amide bonds. The second-order valence-corrected chi connectivity index (χ2v) is 3.72. The third kappa shape index (κ3) is 2.09. The van der Waals surface area contributed by atoms with Crippen LogP contribution in [0.15, 0.2) is 36.7 Å². The minimum Gasteiger partial charge on any atom is -0.392 e. The number of aromatic nitrogens is 1. The molecule has 0 unspecified atom stereocenters. The van der Waals surface area contributed by atoms with Crippen LogP contribution in [-0.2, 0) is 6.61 Å². The highest BCUT2D eigenvalue weighted by Gasteiger charge is 2.06. The van der Waals surface area contributed by atoms with Crippen molar-refractivity contribution in [1.29, 1.82) is 0 Å². The van der Waals surface area contributed by atoms with Crippen LogP contribution in [0.2, 0.25) is 0 Å². The Morgan fingerprint density at radius 3 is 2.75 bits per heavy atom. The van der Waals surface area contributed by atoms with E-state index in [0.717, 1.165) is 11.1 Å². The first-order chi connectivity index (χ1) is 7.70. The summed E-state index contributed by atoms with van der Waals surface area (Å²) in [7, 11) is 0. The second kappa shape index (κ2) is 4.41. The summed E-state index contributed by atoms with van der Waals surface area (Å²) >= 11 is 0. The fourth-order valence-corrected chi connectivity index (χ4v) is 1.59. The number of halogens is 1. The van der Waals surface area contributed by atoms with Gasteiger partial charge in [-0.2, -0.15) is 0 Å². The fraction of sp³-hybridized carbons (Fsp3) is 0.154. The molecule has 0 atom stereocenters. The Bertz CT molecular complexity index is 511. The van der Waals surface area contributed by atoms with Gasteiger partial charge in [0.05, 0.1) is 6.61 Å². The third-order valence-corrected chi connectivity index (χ3v) is 2.40. The van der Waals surface area contributed by atoms with Crippen molar-refractivity contribution in [3.8, 4) is 11.1 Å². The maximum absolute atomic E-state index is 13.6. The summed E-state index contributed by atoms with van der Waals surface area (Å²) < 4.78 is 13.6.